The second-order valence-electron chi connectivity index (χ2n) is 14.3. The Bertz CT molecular complexity index is 3410. The Kier molecular flexibility index (Phi) is 7.24. The van der Waals surface area contributed by atoms with Crippen molar-refractivity contribution in [2.75, 3.05) is 0 Å². The van der Waals surface area contributed by atoms with Gasteiger partial charge in [-0.2, -0.15) is 0 Å². The highest BCUT2D eigenvalue weighted by Gasteiger charge is 2.20. The molecule has 0 saturated heterocycles. The molecule has 4 nitrogen and oxygen atoms in total. The van der Waals surface area contributed by atoms with Gasteiger partial charge < -0.3 is 4.57 Å². The van der Waals surface area contributed by atoms with E-state index in [2.05, 4.69) is 150 Å². The molecule has 266 valence electrons. The summed E-state index contributed by atoms with van der Waals surface area (Å²) in [5.41, 5.74) is 9.04. The van der Waals surface area contributed by atoms with Gasteiger partial charge in [0.15, 0.2) is 17.5 Å². The molecule has 4 heterocycles. The topological polar surface area (TPSA) is 43.6 Å². The minimum Gasteiger partial charge on any atom is -0.309 e. The summed E-state index contributed by atoms with van der Waals surface area (Å²) in [5, 5.41) is 7.49. The van der Waals surface area contributed by atoms with Gasteiger partial charge in [0.2, 0.25) is 0 Å². The first kappa shape index (κ1) is 32.3. The molecule has 0 radical (unpaired) electrons. The maximum Gasteiger partial charge on any atom is 0.164 e. The summed E-state index contributed by atoms with van der Waals surface area (Å²) in [6, 6.07) is 64.8. The summed E-state index contributed by atoms with van der Waals surface area (Å²) in [6.45, 7) is 0. The van der Waals surface area contributed by atoms with Crippen molar-refractivity contribution in [2.24, 2.45) is 0 Å². The first-order valence-electron chi connectivity index (χ1n) is 19.0. The SMILES string of the molecule is c1ccc(-c2nc(-c3ccccc3)nc(-c3cccc4sc5c(-c6cccc7c6sc6cc(-n8c9ccccc9c9ccccc98)ccc67)cccc5c34)n2)cc1. The smallest absolute Gasteiger partial charge is 0.164 e. The van der Waals surface area contributed by atoms with E-state index in [4.69, 9.17) is 15.0 Å². The van der Waals surface area contributed by atoms with Gasteiger partial charge in [0.1, 0.15) is 0 Å². The molecular formula is C51H30N4S2. The number of rotatable bonds is 5. The standard InChI is InChI=1S/C51H30N4S2/c1-3-14-31(15-4-1)49-52-50(32-16-5-2-6-17-32)54-51(53-49)41-24-13-27-44-46(41)40-23-12-22-39(48(40)56-44)38-21-11-20-37-36-29-28-33(30-45(36)57-47(37)38)55-42-25-9-7-18-34(42)35-19-8-10-26-43(35)55/h1-30H. The summed E-state index contributed by atoms with van der Waals surface area (Å²) < 4.78 is 7.45. The van der Waals surface area contributed by atoms with Gasteiger partial charge in [-0.1, -0.05) is 152 Å². The van der Waals surface area contributed by atoms with Crippen LogP contribution in [0.3, 0.4) is 0 Å². The second kappa shape index (κ2) is 12.8. The fourth-order valence-electron chi connectivity index (χ4n) is 8.51. The van der Waals surface area contributed by atoms with Crippen LogP contribution in [-0.4, -0.2) is 19.5 Å². The van der Waals surface area contributed by atoms with Crippen molar-refractivity contribution in [1.82, 2.24) is 19.5 Å². The number of aromatic nitrogens is 4. The Balaban J connectivity index is 1.04. The summed E-state index contributed by atoms with van der Waals surface area (Å²) in [4.78, 5) is 15.2. The number of benzene rings is 8. The third-order valence-electron chi connectivity index (χ3n) is 11.1. The maximum absolute atomic E-state index is 5.12. The molecule has 0 aliphatic rings. The van der Waals surface area contributed by atoms with Crippen LogP contribution < -0.4 is 0 Å². The van der Waals surface area contributed by atoms with Gasteiger partial charge in [-0.3, -0.25) is 0 Å². The monoisotopic (exact) mass is 762 g/mol. The summed E-state index contributed by atoms with van der Waals surface area (Å²) in [5.74, 6) is 1.99. The van der Waals surface area contributed by atoms with Crippen LogP contribution in [0.15, 0.2) is 182 Å². The first-order chi connectivity index (χ1) is 28.3. The van der Waals surface area contributed by atoms with Gasteiger partial charge in [-0.05, 0) is 30.3 Å². The minimum absolute atomic E-state index is 0.662. The Morgan fingerprint density at radius 1 is 0.351 bits per heavy atom. The normalized spacial score (nSPS) is 11.9. The summed E-state index contributed by atoms with van der Waals surface area (Å²) in [7, 11) is 0. The van der Waals surface area contributed by atoms with Gasteiger partial charge in [0.05, 0.1) is 11.0 Å². The van der Waals surface area contributed by atoms with E-state index in [-0.39, 0.29) is 0 Å². The van der Waals surface area contributed by atoms with Crippen LogP contribution >= 0.6 is 22.7 Å². The van der Waals surface area contributed by atoms with Gasteiger partial charge in [0.25, 0.3) is 0 Å². The van der Waals surface area contributed by atoms with Gasteiger partial charge in [0, 0.05) is 84.6 Å². The predicted molar refractivity (Wildman–Crippen MR) is 242 cm³/mol. The van der Waals surface area contributed by atoms with E-state index < -0.39 is 0 Å². The zero-order valence-electron chi connectivity index (χ0n) is 30.4. The molecule has 0 saturated carbocycles. The molecule has 4 aromatic heterocycles. The highest BCUT2D eigenvalue weighted by molar-refractivity contribution is 7.27. The molecule has 0 atom stereocenters. The van der Waals surface area contributed by atoms with Crippen molar-refractivity contribution in [3.05, 3.63) is 182 Å². The Morgan fingerprint density at radius 2 is 0.860 bits per heavy atom. The zero-order valence-corrected chi connectivity index (χ0v) is 32.1. The van der Waals surface area contributed by atoms with E-state index >= 15 is 0 Å². The lowest BCUT2D eigenvalue weighted by Gasteiger charge is -2.10. The molecule has 0 N–H and O–H groups in total. The van der Waals surface area contributed by atoms with Crippen LogP contribution in [0.2, 0.25) is 0 Å². The Hall–Kier alpha value is -6.99. The molecular weight excluding hydrogens is 733 g/mol. The Morgan fingerprint density at radius 3 is 1.53 bits per heavy atom. The van der Waals surface area contributed by atoms with Crippen LogP contribution in [0.4, 0.5) is 0 Å². The van der Waals surface area contributed by atoms with E-state index in [1.807, 2.05) is 59.1 Å². The average molecular weight is 763 g/mol. The van der Waals surface area contributed by atoms with Crippen molar-refractivity contribution >= 4 is 84.8 Å². The van der Waals surface area contributed by atoms with E-state index in [1.54, 1.807) is 0 Å². The quantitative estimate of drug-likeness (QED) is 0.175. The fourth-order valence-corrected chi connectivity index (χ4v) is 11.0. The number of hydrogen-bond acceptors (Lipinski definition) is 5. The minimum atomic E-state index is 0.662. The van der Waals surface area contributed by atoms with Crippen LogP contribution in [0.25, 0.3) is 113 Å². The molecule has 0 bridgehead atoms. The van der Waals surface area contributed by atoms with Crippen LogP contribution in [0, 0.1) is 0 Å². The molecule has 0 unspecified atom stereocenters. The average Bonchev–Trinajstić information content (AvgIpc) is 3.96. The van der Waals surface area contributed by atoms with Crippen molar-refractivity contribution in [3.63, 3.8) is 0 Å². The van der Waals surface area contributed by atoms with Gasteiger partial charge >= 0.3 is 0 Å². The Labute approximate surface area is 335 Å². The summed E-state index contributed by atoms with van der Waals surface area (Å²) in [6.07, 6.45) is 0. The fraction of sp³-hybridized carbons (Fsp3) is 0. The molecule has 0 amide bonds. The lowest BCUT2D eigenvalue weighted by molar-refractivity contribution is 1.08. The highest BCUT2D eigenvalue weighted by Crippen LogP contribution is 2.47. The number of nitrogens with zero attached hydrogens (tertiary/aromatic N) is 4. The third-order valence-corrected chi connectivity index (χ3v) is 13.5. The van der Waals surface area contributed by atoms with E-state index in [0.29, 0.717) is 17.5 Å². The van der Waals surface area contributed by atoms with Crippen LogP contribution in [0.5, 0.6) is 0 Å². The van der Waals surface area contributed by atoms with E-state index in [1.165, 1.54) is 79.0 Å². The number of thiophene rings is 2. The number of hydrogen-bond donors (Lipinski definition) is 0. The van der Waals surface area contributed by atoms with Crippen molar-refractivity contribution < 1.29 is 0 Å². The molecule has 12 rings (SSSR count). The molecule has 0 aliphatic carbocycles. The molecule has 0 fully saturated rings. The van der Waals surface area contributed by atoms with Crippen LogP contribution in [-0.2, 0) is 0 Å². The van der Waals surface area contributed by atoms with Gasteiger partial charge in [-0.25, -0.2) is 15.0 Å². The van der Waals surface area contributed by atoms with Crippen molar-refractivity contribution in [1.29, 1.82) is 0 Å². The summed E-state index contributed by atoms with van der Waals surface area (Å²) >= 11 is 3.73. The van der Waals surface area contributed by atoms with E-state index in [9.17, 15) is 0 Å². The molecule has 6 heteroatoms. The highest BCUT2D eigenvalue weighted by atomic mass is 32.1. The molecule has 12 aromatic rings. The molecule has 8 aromatic carbocycles. The number of para-hydroxylation sites is 2. The molecule has 57 heavy (non-hydrogen) atoms. The zero-order chi connectivity index (χ0) is 37.5. The lowest BCUT2D eigenvalue weighted by Crippen LogP contribution is -2.00. The number of fused-ring (bicyclic) bond motifs is 9. The third kappa shape index (κ3) is 5.08. The first-order valence-corrected chi connectivity index (χ1v) is 20.7. The molecule has 0 spiro atoms. The predicted octanol–water partition coefficient (Wildman–Crippen LogP) is 14.4. The van der Waals surface area contributed by atoms with Crippen molar-refractivity contribution in [3.8, 4) is 51.0 Å². The van der Waals surface area contributed by atoms with Crippen molar-refractivity contribution in [2.45, 2.75) is 0 Å². The maximum atomic E-state index is 5.12. The molecule has 0 aliphatic heterocycles. The lowest BCUT2D eigenvalue weighted by atomic mass is 9.99. The van der Waals surface area contributed by atoms with Crippen LogP contribution in [0.1, 0.15) is 0 Å². The van der Waals surface area contributed by atoms with E-state index in [0.717, 1.165) is 16.7 Å². The van der Waals surface area contributed by atoms with Gasteiger partial charge in [-0.15, -0.1) is 22.7 Å². The largest absolute Gasteiger partial charge is 0.309 e. The second-order valence-corrected chi connectivity index (χ2v) is 16.4.